The predicted octanol–water partition coefficient (Wildman–Crippen LogP) is 2.13. The molecular weight excluding hydrogens is 190 g/mol. The van der Waals surface area contributed by atoms with Crippen molar-refractivity contribution >= 4 is 11.6 Å². The van der Waals surface area contributed by atoms with Gasteiger partial charge in [0.05, 0.1) is 17.5 Å². The second-order valence-corrected chi connectivity index (χ2v) is 3.07. The van der Waals surface area contributed by atoms with Crippen LogP contribution >= 0.6 is 11.6 Å². The number of hydrogen-bond donors (Lipinski definition) is 2. The van der Waals surface area contributed by atoms with Gasteiger partial charge in [-0.3, -0.25) is 0 Å². The van der Waals surface area contributed by atoms with Gasteiger partial charge in [0.15, 0.2) is 11.5 Å². The van der Waals surface area contributed by atoms with Crippen molar-refractivity contribution in [2.24, 2.45) is 0 Å². The Morgan fingerprint density at radius 1 is 1.54 bits per heavy atom. The van der Waals surface area contributed by atoms with E-state index in [0.29, 0.717) is 11.1 Å². The fourth-order valence-corrected chi connectivity index (χ4v) is 1.40. The number of benzene rings is 1. The van der Waals surface area contributed by atoms with Crippen LogP contribution in [0.3, 0.4) is 0 Å². The van der Waals surface area contributed by atoms with Crippen molar-refractivity contribution in [2.45, 2.75) is 13.3 Å². The van der Waals surface area contributed by atoms with Crippen molar-refractivity contribution in [3.05, 3.63) is 22.2 Å². The topological polar surface area (TPSA) is 64.2 Å². The summed E-state index contributed by atoms with van der Waals surface area (Å²) in [4.78, 5) is 0. The monoisotopic (exact) mass is 197 g/mol. The van der Waals surface area contributed by atoms with Gasteiger partial charge in [-0.1, -0.05) is 11.6 Å². The van der Waals surface area contributed by atoms with Gasteiger partial charge in [0.25, 0.3) is 0 Å². The molecule has 0 fully saturated rings. The van der Waals surface area contributed by atoms with Crippen molar-refractivity contribution in [3.63, 3.8) is 0 Å². The van der Waals surface area contributed by atoms with Crippen molar-refractivity contribution in [1.29, 1.82) is 5.26 Å². The fourth-order valence-electron chi connectivity index (χ4n) is 1.09. The molecule has 0 aromatic heterocycles. The molecule has 0 aliphatic rings. The van der Waals surface area contributed by atoms with E-state index in [0.717, 1.165) is 0 Å². The number of nitrogens with zero attached hydrogens (tertiary/aromatic N) is 1. The smallest absolute Gasteiger partial charge is 0.176 e. The first-order valence-electron chi connectivity index (χ1n) is 3.64. The van der Waals surface area contributed by atoms with Crippen LogP contribution in [0.1, 0.15) is 11.1 Å². The first kappa shape index (κ1) is 9.69. The summed E-state index contributed by atoms with van der Waals surface area (Å²) in [5, 5.41) is 26.9. The largest absolute Gasteiger partial charge is 0.504 e. The second kappa shape index (κ2) is 3.55. The van der Waals surface area contributed by atoms with E-state index in [1.54, 1.807) is 6.92 Å². The van der Waals surface area contributed by atoms with Crippen LogP contribution in [0.2, 0.25) is 5.02 Å². The molecule has 1 aromatic carbocycles. The Labute approximate surface area is 80.8 Å². The van der Waals surface area contributed by atoms with Gasteiger partial charge in [0, 0.05) is 0 Å². The number of phenolic OH excluding ortho intramolecular Hbond substituents is 2. The van der Waals surface area contributed by atoms with Crippen LogP contribution in [0.5, 0.6) is 11.5 Å². The summed E-state index contributed by atoms with van der Waals surface area (Å²) in [5.74, 6) is -0.623. The third-order valence-electron chi connectivity index (χ3n) is 1.80. The van der Waals surface area contributed by atoms with Gasteiger partial charge in [0.1, 0.15) is 0 Å². The quantitative estimate of drug-likeness (QED) is 0.678. The zero-order valence-corrected chi connectivity index (χ0v) is 7.76. The summed E-state index contributed by atoms with van der Waals surface area (Å²) in [6.07, 6.45) is 0.124. The van der Waals surface area contributed by atoms with Gasteiger partial charge >= 0.3 is 0 Å². The fraction of sp³-hybridized carbons (Fsp3) is 0.222. The van der Waals surface area contributed by atoms with E-state index in [1.165, 1.54) is 6.07 Å². The molecule has 0 atom stereocenters. The van der Waals surface area contributed by atoms with Gasteiger partial charge in [-0.05, 0) is 24.1 Å². The zero-order chi connectivity index (χ0) is 10.0. The van der Waals surface area contributed by atoms with Crippen LogP contribution in [0.25, 0.3) is 0 Å². The minimum Gasteiger partial charge on any atom is -0.504 e. The van der Waals surface area contributed by atoms with E-state index in [1.807, 2.05) is 6.07 Å². The summed E-state index contributed by atoms with van der Waals surface area (Å²) in [5.41, 5.74) is 1.25. The molecule has 0 bridgehead atoms. The van der Waals surface area contributed by atoms with E-state index in [4.69, 9.17) is 22.0 Å². The lowest BCUT2D eigenvalue weighted by atomic mass is 10.1. The molecule has 68 valence electrons. The lowest BCUT2D eigenvalue weighted by Gasteiger charge is -2.07. The maximum absolute atomic E-state index is 9.25. The summed E-state index contributed by atoms with van der Waals surface area (Å²) in [7, 11) is 0. The highest BCUT2D eigenvalue weighted by molar-refractivity contribution is 6.33. The third-order valence-corrected chi connectivity index (χ3v) is 2.21. The Bertz CT molecular complexity index is 382. The van der Waals surface area contributed by atoms with E-state index in [2.05, 4.69) is 0 Å². The average Bonchev–Trinajstić information content (AvgIpc) is 2.09. The number of aryl methyl sites for hydroxylation is 1. The minimum atomic E-state index is -0.363. The number of nitriles is 1. The highest BCUT2D eigenvalue weighted by Crippen LogP contribution is 2.37. The summed E-state index contributed by atoms with van der Waals surface area (Å²) >= 11 is 5.72. The highest BCUT2D eigenvalue weighted by Gasteiger charge is 2.12. The van der Waals surface area contributed by atoms with E-state index in [-0.39, 0.29) is 22.9 Å². The van der Waals surface area contributed by atoms with Crippen LogP contribution < -0.4 is 0 Å². The molecule has 13 heavy (non-hydrogen) atoms. The molecule has 0 heterocycles. The molecule has 0 radical (unpaired) electrons. The van der Waals surface area contributed by atoms with Crippen LogP contribution in [0, 0.1) is 18.3 Å². The third kappa shape index (κ3) is 1.68. The van der Waals surface area contributed by atoms with E-state index in [9.17, 15) is 5.11 Å². The second-order valence-electron chi connectivity index (χ2n) is 2.69. The first-order valence-corrected chi connectivity index (χ1v) is 4.02. The SMILES string of the molecule is Cc1cc(O)c(O)c(Cl)c1CC#N. The number of aromatic hydroxyl groups is 2. The molecule has 0 aliphatic carbocycles. The maximum atomic E-state index is 9.25. The van der Waals surface area contributed by atoms with E-state index >= 15 is 0 Å². The lowest BCUT2D eigenvalue weighted by molar-refractivity contribution is 0.403. The van der Waals surface area contributed by atoms with Crippen LogP contribution in [-0.2, 0) is 6.42 Å². The normalized spacial score (nSPS) is 9.62. The molecule has 1 aromatic rings. The molecule has 1 rings (SSSR count). The lowest BCUT2D eigenvalue weighted by Crippen LogP contribution is -1.89. The summed E-state index contributed by atoms with van der Waals surface area (Å²) in [6, 6.07) is 3.32. The molecule has 0 saturated carbocycles. The average molecular weight is 198 g/mol. The molecule has 0 saturated heterocycles. The number of rotatable bonds is 1. The molecule has 4 heteroatoms. The van der Waals surface area contributed by atoms with Gasteiger partial charge < -0.3 is 10.2 Å². The Kier molecular flexibility index (Phi) is 2.64. The Hall–Kier alpha value is -1.40. The Morgan fingerprint density at radius 3 is 2.69 bits per heavy atom. The molecule has 0 amide bonds. The van der Waals surface area contributed by atoms with Crippen LogP contribution in [0.4, 0.5) is 0 Å². The number of halogens is 1. The Balaban J connectivity index is 3.36. The van der Waals surface area contributed by atoms with Gasteiger partial charge in [-0.15, -0.1) is 0 Å². The maximum Gasteiger partial charge on any atom is 0.176 e. The molecule has 0 unspecified atom stereocenters. The van der Waals surface area contributed by atoms with Crippen molar-refractivity contribution in [3.8, 4) is 17.6 Å². The molecule has 0 spiro atoms. The molecule has 2 N–H and O–H groups in total. The summed E-state index contributed by atoms with van der Waals surface area (Å²) < 4.78 is 0. The minimum absolute atomic E-state index is 0.0547. The molecular formula is C9H8ClNO2. The predicted molar refractivity (Wildman–Crippen MR) is 48.8 cm³/mol. The van der Waals surface area contributed by atoms with Crippen molar-refractivity contribution in [2.75, 3.05) is 0 Å². The molecule has 0 aliphatic heterocycles. The first-order chi connectivity index (χ1) is 6.07. The summed E-state index contributed by atoms with van der Waals surface area (Å²) in [6.45, 7) is 1.72. The van der Waals surface area contributed by atoms with E-state index < -0.39 is 0 Å². The van der Waals surface area contributed by atoms with Crippen LogP contribution in [0.15, 0.2) is 6.07 Å². The standard InChI is InChI=1S/C9H8ClNO2/c1-5-4-7(12)9(13)8(10)6(5)2-3-11/h4,12-13H,2H2,1H3. The highest BCUT2D eigenvalue weighted by atomic mass is 35.5. The zero-order valence-electron chi connectivity index (χ0n) is 7.00. The van der Waals surface area contributed by atoms with Crippen molar-refractivity contribution < 1.29 is 10.2 Å². The number of hydrogen-bond acceptors (Lipinski definition) is 3. The van der Waals surface area contributed by atoms with Gasteiger partial charge in [0.2, 0.25) is 0 Å². The van der Waals surface area contributed by atoms with Gasteiger partial charge in [-0.25, -0.2) is 0 Å². The number of phenols is 2. The Morgan fingerprint density at radius 2 is 2.15 bits per heavy atom. The molecule has 3 nitrogen and oxygen atoms in total. The van der Waals surface area contributed by atoms with Crippen molar-refractivity contribution in [1.82, 2.24) is 0 Å². The van der Waals surface area contributed by atoms with Gasteiger partial charge in [-0.2, -0.15) is 5.26 Å². The van der Waals surface area contributed by atoms with Crippen LogP contribution in [-0.4, -0.2) is 10.2 Å².